The summed E-state index contributed by atoms with van der Waals surface area (Å²) in [6.07, 6.45) is -0.0664. The molecule has 0 aliphatic carbocycles. The summed E-state index contributed by atoms with van der Waals surface area (Å²) in [5.41, 5.74) is -0.477. The van der Waals surface area contributed by atoms with Gasteiger partial charge < -0.3 is 9.64 Å². The molecule has 0 bridgehead atoms. The molecule has 1 fully saturated rings. The van der Waals surface area contributed by atoms with Crippen LogP contribution in [0.3, 0.4) is 0 Å². The number of nitrogens with zero attached hydrogens (tertiary/aromatic N) is 2. The van der Waals surface area contributed by atoms with Gasteiger partial charge in [-0.3, -0.25) is 19.7 Å². The Hall–Kier alpha value is -2.51. The lowest BCUT2D eigenvalue weighted by atomic mass is 10.1. The van der Waals surface area contributed by atoms with Crippen LogP contribution in [-0.4, -0.2) is 30.5 Å². The number of anilines is 1. The molecule has 8 heteroatoms. The summed E-state index contributed by atoms with van der Waals surface area (Å²) in [6, 6.07) is 3.01. The molecule has 1 saturated heterocycles. The Morgan fingerprint density at radius 2 is 2.25 bits per heavy atom. The summed E-state index contributed by atoms with van der Waals surface area (Å²) in [4.78, 5) is 34.1. The van der Waals surface area contributed by atoms with Crippen molar-refractivity contribution in [1.82, 2.24) is 0 Å². The zero-order valence-electron chi connectivity index (χ0n) is 10.5. The second kappa shape index (κ2) is 5.24. The minimum atomic E-state index is -0.877. The maximum atomic E-state index is 13.8. The summed E-state index contributed by atoms with van der Waals surface area (Å²) >= 11 is 0. The van der Waals surface area contributed by atoms with Gasteiger partial charge >= 0.3 is 5.97 Å². The van der Waals surface area contributed by atoms with E-state index in [1.54, 1.807) is 0 Å². The molecule has 1 amide bonds. The minimum Gasteiger partial charge on any atom is -0.469 e. The molecule has 1 aliphatic heterocycles. The maximum absolute atomic E-state index is 13.8. The first-order valence-corrected chi connectivity index (χ1v) is 5.76. The highest BCUT2D eigenvalue weighted by molar-refractivity contribution is 5.99. The van der Waals surface area contributed by atoms with Crippen molar-refractivity contribution in [2.24, 2.45) is 5.92 Å². The Morgan fingerprint density at radius 3 is 2.80 bits per heavy atom. The van der Waals surface area contributed by atoms with Crippen LogP contribution in [0.5, 0.6) is 0 Å². The van der Waals surface area contributed by atoms with Crippen LogP contribution in [0, 0.1) is 21.8 Å². The van der Waals surface area contributed by atoms with Crippen LogP contribution in [0.2, 0.25) is 0 Å². The lowest BCUT2D eigenvalue weighted by molar-refractivity contribution is -0.385. The van der Waals surface area contributed by atoms with Crippen molar-refractivity contribution in [3.63, 3.8) is 0 Å². The third-order valence-corrected chi connectivity index (χ3v) is 3.09. The van der Waals surface area contributed by atoms with E-state index in [9.17, 15) is 24.1 Å². The van der Waals surface area contributed by atoms with Gasteiger partial charge in [0.25, 0.3) is 5.69 Å². The summed E-state index contributed by atoms with van der Waals surface area (Å²) in [5, 5.41) is 10.5. The Morgan fingerprint density at radius 1 is 1.55 bits per heavy atom. The van der Waals surface area contributed by atoms with Gasteiger partial charge in [-0.15, -0.1) is 0 Å². The Kier molecular flexibility index (Phi) is 3.64. The Labute approximate surface area is 113 Å². The average molecular weight is 282 g/mol. The molecular formula is C12H11FN2O5. The first-order valence-electron chi connectivity index (χ1n) is 5.76. The third kappa shape index (κ3) is 2.44. The highest BCUT2D eigenvalue weighted by Gasteiger charge is 2.37. The predicted octanol–water partition coefficient (Wildman–Crippen LogP) is 1.26. The number of carbonyl (C=O) groups excluding carboxylic acids is 2. The minimum absolute atomic E-state index is 0.000236. The molecule has 1 heterocycles. The highest BCUT2D eigenvalue weighted by atomic mass is 19.1. The summed E-state index contributed by atoms with van der Waals surface area (Å²) in [7, 11) is 1.21. The van der Waals surface area contributed by atoms with Crippen molar-refractivity contribution in [3.05, 3.63) is 34.1 Å². The summed E-state index contributed by atoms with van der Waals surface area (Å²) in [5.74, 6) is -2.49. The standard InChI is InChI=1S/C12H11FN2O5/c1-20-12(17)7-4-11(16)14(6-7)10-3-2-8(15(18)19)5-9(10)13/h2-3,5,7H,4,6H2,1H3. The van der Waals surface area contributed by atoms with Crippen LogP contribution in [-0.2, 0) is 14.3 Å². The van der Waals surface area contributed by atoms with Crippen LogP contribution in [0.25, 0.3) is 0 Å². The predicted molar refractivity (Wildman–Crippen MR) is 65.5 cm³/mol. The van der Waals surface area contributed by atoms with E-state index in [1.807, 2.05) is 0 Å². The number of carbonyl (C=O) groups is 2. The fourth-order valence-corrected chi connectivity index (χ4v) is 2.09. The molecule has 0 aromatic heterocycles. The molecule has 1 unspecified atom stereocenters. The van der Waals surface area contributed by atoms with Gasteiger partial charge in [0.15, 0.2) is 5.82 Å². The smallest absolute Gasteiger partial charge is 0.311 e. The number of amides is 1. The first kappa shape index (κ1) is 13.9. The SMILES string of the molecule is COC(=O)C1CC(=O)N(c2ccc([N+](=O)[O-])cc2F)C1. The number of hydrogen-bond acceptors (Lipinski definition) is 5. The number of nitro groups is 1. The van der Waals surface area contributed by atoms with Gasteiger partial charge in [-0.1, -0.05) is 0 Å². The number of nitro benzene ring substituents is 1. The monoisotopic (exact) mass is 282 g/mol. The van der Waals surface area contributed by atoms with E-state index in [0.717, 1.165) is 23.1 Å². The van der Waals surface area contributed by atoms with Crippen molar-refractivity contribution < 1.29 is 23.6 Å². The van der Waals surface area contributed by atoms with Crippen LogP contribution in [0.1, 0.15) is 6.42 Å². The Bertz CT molecular complexity index is 589. The van der Waals surface area contributed by atoms with Crippen LogP contribution in [0.15, 0.2) is 18.2 Å². The number of esters is 1. The van der Waals surface area contributed by atoms with Crippen molar-refractivity contribution in [2.75, 3.05) is 18.6 Å². The highest BCUT2D eigenvalue weighted by Crippen LogP contribution is 2.30. The zero-order valence-corrected chi connectivity index (χ0v) is 10.5. The van der Waals surface area contributed by atoms with E-state index in [1.165, 1.54) is 7.11 Å². The molecule has 0 radical (unpaired) electrons. The molecule has 7 nitrogen and oxygen atoms in total. The van der Waals surface area contributed by atoms with E-state index in [-0.39, 0.29) is 18.7 Å². The summed E-state index contributed by atoms with van der Waals surface area (Å²) < 4.78 is 18.4. The largest absolute Gasteiger partial charge is 0.469 e. The molecular weight excluding hydrogens is 271 g/mol. The molecule has 106 valence electrons. The lowest BCUT2D eigenvalue weighted by Crippen LogP contribution is -2.27. The number of hydrogen-bond donors (Lipinski definition) is 0. The Balaban J connectivity index is 2.26. The second-order valence-corrected chi connectivity index (χ2v) is 4.32. The zero-order chi connectivity index (χ0) is 14.9. The molecule has 0 saturated carbocycles. The van der Waals surface area contributed by atoms with Gasteiger partial charge in [0.05, 0.1) is 29.7 Å². The fourth-order valence-electron chi connectivity index (χ4n) is 2.09. The molecule has 2 rings (SSSR count). The van der Waals surface area contributed by atoms with E-state index in [0.29, 0.717) is 0 Å². The average Bonchev–Trinajstić information content (AvgIpc) is 2.79. The van der Waals surface area contributed by atoms with E-state index >= 15 is 0 Å². The van der Waals surface area contributed by atoms with Gasteiger partial charge in [0.2, 0.25) is 5.91 Å². The van der Waals surface area contributed by atoms with Gasteiger partial charge in [-0.2, -0.15) is 0 Å². The van der Waals surface area contributed by atoms with Crippen LogP contribution in [0.4, 0.5) is 15.8 Å². The van der Waals surface area contributed by atoms with Crippen molar-refractivity contribution in [2.45, 2.75) is 6.42 Å². The molecule has 20 heavy (non-hydrogen) atoms. The molecule has 1 aromatic carbocycles. The lowest BCUT2D eigenvalue weighted by Gasteiger charge is -2.16. The van der Waals surface area contributed by atoms with Gasteiger partial charge in [0.1, 0.15) is 0 Å². The molecule has 1 atom stereocenters. The molecule has 1 aliphatic rings. The summed E-state index contributed by atoms with van der Waals surface area (Å²) in [6.45, 7) is 0.000236. The second-order valence-electron chi connectivity index (χ2n) is 4.32. The van der Waals surface area contributed by atoms with Crippen molar-refractivity contribution in [3.8, 4) is 0 Å². The van der Waals surface area contributed by atoms with E-state index < -0.39 is 34.2 Å². The first-order chi connectivity index (χ1) is 9.43. The van der Waals surface area contributed by atoms with E-state index in [2.05, 4.69) is 4.74 Å². The molecule has 0 N–H and O–H groups in total. The molecule has 0 spiro atoms. The molecule has 1 aromatic rings. The van der Waals surface area contributed by atoms with E-state index in [4.69, 9.17) is 0 Å². The number of benzene rings is 1. The number of rotatable bonds is 3. The fraction of sp³-hybridized carbons (Fsp3) is 0.333. The number of ether oxygens (including phenoxy) is 1. The topological polar surface area (TPSA) is 89.8 Å². The maximum Gasteiger partial charge on any atom is 0.311 e. The third-order valence-electron chi connectivity index (χ3n) is 3.09. The van der Waals surface area contributed by atoms with Gasteiger partial charge in [0, 0.05) is 19.0 Å². The van der Waals surface area contributed by atoms with Crippen molar-refractivity contribution in [1.29, 1.82) is 0 Å². The normalized spacial score (nSPS) is 18.2. The van der Waals surface area contributed by atoms with Crippen LogP contribution >= 0.6 is 0 Å². The number of halogens is 1. The number of non-ortho nitro benzene ring substituents is 1. The van der Waals surface area contributed by atoms with Gasteiger partial charge in [-0.25, -0.2) is 4.39 Å². The quantitative estimate of drug-likeness (QED) is 0.473. The van der Waals surface area contributed by atoms with Crippen molar-refractivity contribution >= 4 is 23.3 Å². The van der Waals surface area contributed by atoms with Crippen LogP contribution < -0.4 is 4.90 Å². The van der Waals surface area contributed by atoms with Gasteiger partial charge in [-0.05, 0) is 6.07 Å². The number of methoxy groups -OCH3 is 1.